The first-order valence-electron chi connectivity index (χ1n) is 9.49. The SMILES string of the molecule is CCC(=O)N[C@@H]1CCCc2c(-c3ccc4c(c3F)COC(=O)N4C)cncc21. The van der Waals surface area contributed by atoms with E-state index >= 15 is 4.39 Å². The Kier molecular flexibility index (Phi) is 4.75. The number of benzene rings is 1. The minimum absolute atomic E-state index is 0.00642. The van der Waals surface area contributed by atoms with E-state index in [1.807, 2.05) is 6.92 Å². The quantitative estimate of drug-likeness (QED) is 0.873. The van der Waals surface area contributed by atoms with Crippen molar-refractivity contribution >= 4 is 17.7 Å². The number of carbonyl (C=O) groups is 2. The summed E-state index contributed by atoms with van der Waals surface area (Å²) in [5.41, 5.74) is 4.02. The maximum absolute atomic E-state index is 15.4. The first kappa shape index (κ1) is 18.4. The molecule has 1 atom stereocenters. The zero-order valence-corrected chi connectivity index (χ0v) is 15.9. The van der Waals surface area contributed by atoms with Gasteiger partial charge < -0.3 is 10.1 Å². The standard InChI is InChI=1S/C21H22FN3O3/c1-3-19(26)24-17-6-4-5-12-14(9-23-10-15(12)17)13-7-8-18-16(20(13)22)11-28-21(27)25(18)2/h7-10,17H,3-6,11H2,1-2H3,(H,24,26)/t17-/m1/s1. The molecule has 0 unspecified atom stereocenters. The van der Waals surface area contributed by atoms with Gasteiger partial charge in [0.05, 0.1) is 11.7 Å². The van der Waals surface area contributed by atoms with Crippen LogP contribution in [0.5, 0.6) is 0 Å². The van der Waals surface area contributed by atoms with Crippen LogP contribution in [-0.4, -0.2) is 24.0 Å². The molecule has 1 aromatic heterocycles. The normalized spacial score (nSPS) is 18.2. The second-order valence-electron chi connectivity index (χ2n) is 7.16. The highest BCUT2D eigenvalue weighted by molar-refractivity contribution is 5.90. The van der Waals surface area contributed by atoms with Gasteiger partial charge in [-0.3, -0.25) is 14.7 Å². The highest BCUT2D eigenvalue weighted by Gasteiger charge is 2.29. The summed E-state index contributed by atoms with van der Waals surface area (Å²) in [7, 11) is 1.56. The van der Waals surface area contributed by atoms with Crippen molar-refractivity contribution in [2.24, 2.45) is 0 Å². The number of halogens is 1. The number of nitrogens with zero attached hydrogens (tertiary/aromatic N) is 2. The Hall–Kier alpha value is -2.96. The van der Waals surface area contributed by atoms with Crippen molar-refractivity contribution in [3.05, 3.63) is 47.0 Å². The highest BCUT2D eigenvalue weighted by atomic mass is 19.1. The monoisotopic (exact) mass is 383 g/mol. The third-order valence-corrected chi connectivity index (χ3v) is 5.53. The number of amides is 2. The van der Waals surface area contributed by atoms with Gasteiger partial charge in [0.1, 0.15) is 12.4 Å². The van der Waals surface area contributed by atoms with E-state index in [9.17, 15) is 9.59 Å². The molecule has 2 aliphatic rings. The Labute approximate surface area is 162 Å². The molecule has 1 aliphatic carbocycles. The second kappa shape index (κ2) is 7.22. The lowest BCUT2D eigenvalue weighted by atomic mass is 9.84. The van der Waals surface area contributed by atoms with Gasteiger partial charge in [0, 0.05) is 42.6 Å². The number of ether oxygens (including phenoxy) is 1. The molecular weight excluding hydrogens is 361 g/mol. The number of hydrogen-bond donors (Lipinski definition) is 1. The van der Waals surface area contributed by atoms with E-state index in [1.54, 1.807) is 31.6 Å². The Morgan fingerprint density at radius 1 is 1.32 bits per heavy atom. The predicted molar refractivity (Wildman–Crippen MR) is 102 cm³/mol. The minimum Gasteiger partial charge on any atom is -0.444 e. The third kappa shape index (κ3) is 3.00. The van der Waals surface area contributed by atoms with Gasteiger partial charge >= 0.3 is 6.09 Å². The van der Waals surface area contributed by atoms with Gasteiger partial charge in [0.15, 0.2) is 0 Å². The van der Waals surface area contributed by atoms with Crippen molar-refractivity contribution in [2.45, 2.75) is 45.3 Å². The van der Waals surface area contributed by atoms with Crippen LogP contribution < -0.4 is 10.2 Å². The molecule has 2 heterocycles. The van der Waals surface area contributed by atoms with Crippen LogP contribution in [0.2, 0.25) is 0 Å². The molecule has 2 amide bonds. The van der Waals surface area contributed by atoms with Crippen molar-refractivity contribution in [1.29, 1.82) is 0 Å². The van der Waals surface area contributed by atoms with Crippen LogP contribution in [0, 0.1) is 5.82 Å². The molecule has 0 saturated carbocycles. The van der Waals surface area contributed by atoms with Gasteiger partial charge in [0.25, 0.3) is 0 Å². The molecule has 7 heteroatoms. The van der Waals surface area contributed by atoms with Crippen molar-refractivity contribution in [2.75, 3.05) is 11.9 Å². The van der Waals surface area contributed by atoms with Crippen molar-refractivity contribution in [3.8, 4) is 11.1 Å². The zero-order chi connectivity index (χ0) is 19.8. The molecule has 6 nitrogen and oxygen atoms in total. The van der Waals surface area contributed by atoms with Crippen LogP contribution >= 0.6 is 0 Å². The third-order valence-electron chi connectivity index (χ3n) is 5.53. The summed E-state index contributed by atoms with van der Waals surface area (Å²) in [6.07, 6.45) is 5.93. The topological polar surface area (TPSA) is 71.5 Å². The highest BCUT2D eigenvalue weighted by Crippen LogP contribution is 2.39. The van der Waals surface area contributed by atoms with Gasteiger partial charge in [-0.05, 0) is 42.5 Å². The molecule has 0 saturated heterocycles. The molecule has 0 bridgehead atoms. The molecule has 0 spiro atoms. The van der Waals surface area contributed by atoms with Crippen molar-refractivity contribution in [1.82, 2.24) is 10.3 Å². The van der Waals surface area contributed by atoms with E-state index in [0.717, 1.165) is 36.0 Å². The maximum atomic E-state index is 15.4. The molecule has 1 aromatic carbocycles. The van der Waals surface area contributed by atoms with Crippen molar-refractivity contribution in [3.63, 3.8) is 0 Å². The molecule has 2 aromatic rings. The van der Waals surface area contributed by atoms with Crippen LogP contribution in [0.25, 0.3) is 11.1 Å². The van der Waals surface area contributed by atoms with Crippen LogP contribution in [0.4, 0.5) is 14.9 Å². The number of rotatable bonds is 3. The summed E-state index contributed by atoms with van der Waals surface area (Å²) in [6.45, 7) is 1.73. The predicted octanol–water partition coefficient (Wildman–Crippen LogP) is 3.88. The van der Waals surface area contributed by atoms with Crippen LogP contribution in [0.3, 0.4) is 0 Å². The average molecular weight is 383 g/mol. The van der Waals surface area contributed by atoms with Gasteiger partial charge in [-0.25, -0.2) is 9.18 Å². The Morgan fingerprint density at radius 2 is 2.14 bits per heavy atom. The number of anilines is 1. The Bertz CT molecular complexity index is 960. The fourth-order valence-corrected chi connectivity index (χ4v) is 4.00. The van der Waals surface area contributed by atoms with Gasteiger partial charge in [-0.2, -0.15) is 0 Å². The molecule has 146 valence electrons. The minimum atomic E-state index is -0.493. The lowest BCUT2D eigenvalue weighted by molar-refractivity contribution is -0.121. The van der Waals surface area contributed by atoms with E-state index in [-0.39, 0.29) is 18.6 Å². The maximum Gasteiger partial charge on any atom is 0.414 e. The fourth-order valence-electron chi connectivity index (χ4n) is 4.00. The van der Waals surface area contributed by atoms with E-state index < -0.39 is 11.9 Å². The molecular formula is C21H22FN3O3. The van der Waals surface area contributed by atoms with E-state index in [4.69, 9.17) is 4.74 Å². The lowest BCUT2D eigenvalue weighted by Gasteiger charge is -2.29. The van der Waals surface area contributed by atoms with Gasteiger partial charge in [0.2, 0.25) is 5.91 Å². The van der Waals surface area contributed by atoms with E-state index in [2.05, 4.69) is 10.3 Å². The molecule has 1 N–H and O–H groups in total. The average Bonchev–Trinajstić information content (AvgIpc) is 2.71. The molecule has 0 radical (unpaired) electrons. The summed E-state index contributed by atoms with van der Waals surface area (Å²) >= 11 is 0. The largest absolute Gasteiger partial charge is 0.444 e. The first-order chi connectivity index (χ1) is 13.5. The number of hydrogen-bond acceptors (Lipinski definition) is 4. The van der Waals surface area contributed by atoms with Gasteiger partial charge in [-0.1, -0.05) is 6.92 Å². The number of nitrogens with one attached hydrogen (secondary N) is 1. The summed E-state index contributed by atoms with van der Waals surface area (Å²) in [4.78, 5) is 29.2. The van der Waals surface area contributed by atoms with Crippen LogP contribution in [0.15, 0.2) is 24.5 Å². The number of cyclic esters (lactones) is 1. The number of fused-ring (bicyclic) bond motifs is 2. The summed E-state index contributed by atoms with van der Waals surface area (Å²) < 4.78 is 20.4. The van der Waals surface area contributed by atoms with Crippen LogP contribution in [0.1, 0.15) is 48.9 Å². The molecule has 1 aliphatic heterocycles. The first-order valence-corrected chi connectivity index (χ1v) is 9.49. The van der Waals surface area contributed by atoms with E-state index in [1.165, 1.54) is 4.90 Å². The second-order valence-corrected chi connectivity index (χ2v) is 7.16. The van der Waals surface area contributed by atoms with Gasteiger partial charge in [-0.15, -0.1) is 0 Å². The molecule has 4 rings (SSSR count). The fraction of sp³-hybridized carbons (Fsp3) is 0.381. The molecule has 28 heavy (non-hydrogen) atoms. The van der Waals surface area contributed by atoms with E-state index in [0.29, 0.717) is 23.2 Å². The smallest absolute Gasteiger partial charge is 0.414 e. The zero-order valence-electron chi connectivity index (χ0n) is 15.9. The number of carbonyl (C=O) groups excluding carboxylic acids is 2. The summed E-state index contributed by atoms with van der Waals surface area (Å²) in [6, 6.07) is 3.33. The molecule has 0 fully saturated rings. The van der Waals surface area contributed by atoms with Crippen LogP contribution in [-0.2, 0) is 22.6 Å². The summed E-state index contributed by atoms with van der Waals surface area (Å²) in [5, 5.41) is 3.04. The Balaban J connectivity index is 1.78. The van der Waals surface area contributed by atoms with Crippen molar-refractivity contribution < 1.29 is 18.7 Å². The summed E-state index contributed by atoms with van der Waals surface area (Å²) in [5.74, 6) is -0.403. The lowest BCUT2D eigenvalue weighted by Crippen LogP contribution is -2.32. The number of pyridine rings is 1. The Morgan fingerprint density at radius 3 is 2.93 bits per heavy atom. The number of aromatic nitrogens is 1.